The first kappa shape index (κ1) is 11.2. The van der Waals surface area contributed by atoms with Crippen molar-refractivity contribution in [2.24, 2.45) is 0 Å². The molecule has 0 fully saturated rings. The minimum atomic E-state index is -1.14. The molecule has 2 aromatic heterocycles. The van der Waals surface area contributed by atoms with E-state index in [2.05, 4.69) is 9.97 Å². The van der Waals surface area contributed by atoms with E-state index < -0.39 is 5.97 Å². The van der Waals surface area contributed by atoms with E-state index >= 15 is 0 Å². The summed E-state index contributed by atoms with van der Waals surface area (Å²) in [5.74, 6) is -0.604. The number of fused-ring (bicyclic) bond motifs is 1. The molecule has 0 aliphatic rings. The first-order valence-electron chi connectivity index (χ1n) is 5.49. The van der Waals surface area contributed by atoms with Crippen molar-refractivity contribution in [1.82, 2.24) is 9.97 Å². The minimum absolute atomic E-state index is 0.144. The van der Waals surface area contributed by atoms with Crippen LogP contribution >= 0.6 is 0 Å². The molecule has 2 heterocycles. The Kier molecular flexibility index (Phi) is 2.42. The van der Waals surface area contributed by atoms with Gasteiger partial charge in [-0.2, -0.15) is 0 Å². The summed E-state index contributed by atoms with van der Waals surface area (Å²) in [5, 5.41) is 9.65. The molecule has 3 N–H and O–H groups in total. The van der Waals surface area contributed by atoms with Gasteiger partial charge in [-0.1, -0.05) is 18.2 Å². The van der Waals surface area contributed by atoms with Crippen LogP contribution in [0.1, 0.15) is 10.5 Å². The number of oxazole rings is 1. The topological polar surface area (TPSA) is 102 Å². The molecule has 0 saturated carbocycles. The predicted molar refractivity (Wildman–Crippen MR) is 68.6 cm³/mol. The SMILES string of the molecule is Nc1cc(-c2nc(C(=O)O)co2)c2ccccc2n1. The summed E-state index contributed by atoms with van der Waals surface area (Å²) in [7, 11) is 0. The summed E-state index contributed by atoms with van der Waals surface area (Å²) in [6.07, 6.45) is 1.10. The molecule has 1 aromatic carbocycles. The molecule has 94 valence electrons. The number of carboxylic acid groups (broad SMARTS) is 1. The van der Waals surface area contributed by atoms with Crippen LogP contribution in [0.4, 0.5) is 5.82 Å². The van der Waals surface area contributed by atoms with Crippen molar-refractivity contribution in [1.29, 1.82) is 0 Å². The van der Waals surface area contributed by atoms with Crippen molar-refractivity contribution in [2.45, 2.75) is 0 Å². The van der Waals surface area contributed by atoms with Crippen LogP contribution in [0.5, 0.6) is 0 Å². The number of nitrogens with two attached hydrogens (primary N) is 1. The Morgan fingerprint density at radius 3 is 2.79 bits per heavy atom. The summed E-state index contributed by atoms with van der Waals surface area (Å²) in [6, 6.07) is 8.97. The maximum absolute atomic E-state index is 10.8. The summed E-state index contributed by atoms with van der Waals surface area (Å²) >= 11 is 0. The summed E-state index contributed by atoms with van der Waals surface area (Å²) in [6.45, 7) is 0. The Hall–Kier alpha value is -2.89. The van der Waals surface area contributed by atoms with Gasteiger partial charge >= 0.3 is 5.97 Å². The fourth-order valence-electron chi connectivity index (χ4n) is 1.87. The normalized spacial score (nSPS) is 10.7. The Morgan fingerprint density at radius 2 is 2.05 bits per heavy atom. The predicted octanol–water partition coefficient (Wildman–Crippen LogP) is 2.17. The number of para-hydroxylation sites is 1. The van der Waals surface area contributed by atoms with Gasteiger partial charge in [0, 0.05) is 5.39 Å². The zero-order valence-electron chi connectivity index (χ0n) is 9.70. The first-order valence-corrected chi connectivity index (χ1v) is 5.49. The zero-order valence-corrected chi connectivity index (χ0v) is 9.70. The van der Waals surface area contributed by atoms with Crippen LogP contribution in [0.15, 0.2) is 41.0 Å². The van der Waals surface area contributed by atoms with E-state index in [0.29, 0.717) is 16.9 Å². The highest BCUT2D eigenvalue weighted by Crippen LogP contribution is 2.28. The van der Waals surface area contributed by atoms with Gasteiger partial charge in [-0.25, -0.2) is 14.8 Å². The molecule has 3 rings (SSSR count). The number of rotatable bonds is 2. The molecule has 0 aliphatic carbocycles. The lowest BCUT2D eigenvalue weighted by Gasteiger charge is -2.03. The lowest BCUT2D eigenvalue weighted by molar-refractivity contribution is 0.0690. The molecule has 0 unspecified atom stereocenters. The van der Waals surface area contributed by atoms with Gasteiger partial charge in [-0.15, -0.1) is 0 Å². The van der Waals surface area contributed by atoms with Gasteiger partial charge in [0.25, 0.3) is 0 Å². The van der Waals surface area contributed by atoms with E-state index in [9.17, 15) is 4.79 Å². The fourth-order valence-corrected chi connectivity index (χ4v) is 1.87. The van der Waals surface area contributed by atoms with Crippen LogP contribution in [-0.2, 0) is 0 Å². The number of carboxylic acids is 1. The van der Waals surface area contributed by atoms with Gasteiger partial charge < -0.3 is 15.3 Å². The van der Waals surface area contributed by atoms with Crippen LogP contribution in [0, 0.1) is 0 Å². The van der Waals surface area contributed by atoms with Crippen molar-refractivity contribution in [3.8, 4) is 11.5 Å². The Morgan fingerprint density at radius 1 is 1.26 bits per heavy atom. The quantitative estimate of drug-likeness (QED) is 0.727. The average Bonchev–Trinajstić information content (AvgIpc) is 2.87. The first-order chi connectivity index (χ1) is 9.15. The van der Waals surface area contributed by atoms with E-state index in [0.717, 1.165) is 11.6 Å². The van der Waals surface area contributed by atoms with Gasteiger partial charge in [-0.05, 0) is 12.1 Å². The number of hydrogen-bond acceptors (Lipinski definition) is 5. The zero-order chi connectivity index (χ0) is 13.4. The van der Waals surface area contributed by atoms with Gasteiger partial charge in [0.15, 0.2) is 5.69 Å². The number of pyridine rings is 1. The molecule has 0 spiro atoms. The van der Waals surface area contributed by atoms with E-state index in [4.69, 9.17) is 15.3 Å². The second-order valence-corrected chi connectivity index (χ2v) is 3.95. The van der Waals surface area contributed by atoms with Crippen LogP contribution in [-0.4, -0.2) is 21.0 Å². The lowest BCUT2D eigenvalue weighted by Crippen LogP contribution is -1.96. The maximum Gasteiger partial charge on any atom is 0.357 e. The van der Waals surface area contributed by atoms with Gasteiger partial charge in [0.2, 0.25) is 5.89 Å². The summed E-state index contributed by atoms with van der Waals surface area (Å²) < 4.78 is 5.20. The third-order valence-electron chi connectivity index (χ3n) is 2.69. The molecule has 6 heteroatoms. The van der Waals surface area contributed by atoms with E-state index in [-0.39, 0.29) is 11.6 Å². The van der Waals surface area contributed by atoms with Crippen molar-refractivity contribution in [3.63, 3.8) is 0 Å². The number of anilines is 1. The van der Waals surface area contributed by atoms with Crippen molar-refractivity contribution in [2.75, 3.05) is 5.73 Å². The lowest BCUT2D eigenvalue weighted by atomic mass is 10.1. The molecular formula is C13H9N3O3. The fraction of sp³-hybridized carbons (Fsp3) is 0. The number of aromatic nitrogens is 2. The Balaban J connectivity index is 2.26. The molecule has 0 aliphatic heterocycles. The van der Waals surface area contributed by atoms with Crippen molar-refractivity contribution >= 4 is 22.7 Å². The Bertz CT molecular complexity index is 780. The van der Waals surface area contributed by atoms with Crippen LogP contribution < -0.4 is 5.73 Å². The number of carbonyl (C=O) groups is 1. The van der Waals surface area contributed by atoms with E-state index in [1.54, 1.807) is 6.07 Å². The molecular weight excluding hydrogens is 246 g/mol. The van der Waals surface area contributed by atoms with Gasteiger partial charge in [0.1, 0.15) is 12.1 Å². The average molecular weight is 255 g/mol. The highest BCUT2D eigenvalue weighted by atomic mass is 16.4. The standard InChI is InChI=1S/C13H9N3O3/c14-11-5-8(7-3-1-2-4-9(7)15-11)12-16-10(6-19-12)13(17)18/h1-6H,(H2,14,15)(H,17,18). The third kappa shape index (κ3) is 1.89. The molecule has 0 bridgehead atoms. The summed E-state index contributed by atoms with van der Waals surface area (Å²) in [5.41, 5.74) is 6.91. The Labute approximate surface area is 107 Å². The number of benzene rings is 1. The second-order valence-electron chi connectivity index (χ2n) is 3.95. The molecule has 0 saturated heterocycles. The number of nitrogens with zero attached hydrogens (tertiary/aromatic N) is 2. The van der Waals surface area contributed by atoms with Crippen molar-refractivity contribution < 1.29 is 14.3 Å². The molecule has 0 atom stereocenters. The van der Waals surface area contributed by atoms with Gasteiger partial charge in [0.05, 0.1) is 11.1 Å². The number of aromatic carboxylic acids is 1. The highest BCUT2D eigenvalue weighted by Gasteiger charge is 2.15. The van der Waals surface area contributed by atoms with E-state index in [1.165, 1.54) is 0 Å². The monoisotopic (exact) mass is 255 g/mol. The molecule has 6 nitrogen and oxygen atoms in total. The highest BCUT2D eigenvalue weighted by molar-refractivity contribution is 5.94. The molecule has 19 heavy (non-hydrogen) atoms. The molecule has 0 amide bonds. The maximum atomic E-state index is 10.8. The van der Waals surface area contributed by atoms with Crippen LogP contribution in [0.2, 0.25) is 0 Å². The largest absolute Gasteiger partial charge is 0.476 e. The van der Waals surface area contributed by atoms with Crippen molar-refractivity contribution in [3.05, 3.63) is 42.3 Å². The van der Waals surface area contributed by atoms with Crippen LogP contribution in [0.25, 0.3) is 22.4 Å². The smallest absolute Gasteiger partial charge is 0.357 e. The third-order valence-corrected chi connectivity index (χ3v) is 2.69. The van der Waals surface area contributed by atoms with Gasteiger partial charge in [-0.3, -0.25) is 0 Å². The summed E-state index contributed by atoms with van der Waals surface area (Å²) in [4.78, 5) is 18.9. The van der Waals surface area contributed by atoms with Crippen LogP contribution in [0.3, 0.4) is 0 Å². The second kappa shape index (κ2) is 4.09. The molecule has 3 aromatic rings. The molecule has 0 radical (unpaired) electrons. The number of hydrogen-bond donors (Lipinski definition) is 2. The number of nitrogen functional groups attached to an aromatic ring is 1. The minimum Gasteiger partial charge on any atom is -0.476 e. The van der Waals surface area contributed by atoms with E-state index in [1.807, 2.05) is 24.3 Å².